The highest BCUT2D eigenvalue weighted by molar-refractivity contribution is 7.92. The number of fused-ring (bicyclic) bond motifs is 1. The topological polar surface area (TPSA) is 110 Å². The minimum atomic E-state index is -3.84. The molecule has 0 unspecified atom stereocenters. The highest BCUT2D eigenvalue weighted by Gasteiger charge is 2.24. The molecule has 0 atom stereocenters. The first-order chi connectivity index (χ1) is 22.4. The Labute approximate surface area is 285 Å². The maximum atomic E-state index is 13.4. The molecule has 2 heterocycles. The molecule has 1 amide bonds. The average molecular weight is 695 g/mol. The summed E-state index contributed by atoms with van der Waals surface area (Å²) in [5.74, 6) is -1.29. The van der Waals surface area contributed by atoms with Crippen LogP contribution in [0.2, 0.25) is 10.0 Å². The number of H-pyrrole nitrogens is 1. The number of nitrogens with zero attached hydrogens (tertiary/aromatic N) is 1. The van der Waals surface area contributed by atoms with Gasteiger partial charge < -0.3 is 19.6 Å². The van der Waals surface area contributed by atoms with Gasteiger partial charge >= 0.3 is 0 Å². The molecule has 5 rings (SSSR count). The standard InChI is InChI=1S/C36H37Cl2N3O5S/c1-23-7-4-8-26(17-23)21-41-14-5-10-32(41)36(43)39-13-16-47(44,45)22-33(42)35-30(29-12-11-27(37)20-31(29)40-35)9-6-15-46-28-18-24(2)34(38)25(3)19-28/h4-5,7-8,10-12,14,17-20,40H,6,9,13,15-16,21-22H2,1-3H3,(H,39,43). The lowest BCUT2D eigenvalue weighted by molar-refractivity contribution is 0.0946. The minimum Gasteiger partial charge on any atom is -0.494 e. The van der Waals surface area contributed by atoms with Gasteiger partial charge in [0.1, 0.15) is 17.2 Å². The molecule has 0 saturated carbocycles. The van der Waals surface area contributed by atoms with Gasteiger partial charge in [-0.15, -0.1) is 0 Å². The molecule has 11 heteroatoms. The number of aromatic nitrogens is 2. The smallest absolute Gasteiger partial charge is 0.267 e. The van der Waals surface area contributed by atoms with E-state index < -0.39 is 21.4 Å². The van der Waals surface area contributed by atoms with Crippen molar-refractivity contribution < 1.29 is 22.7 Å². The number of Topliss-reactive ketones (excluding diaryl/α,β-unsaturated/α-hetero) is 1. The molecule has 246 valence electrons. The van der Waals surface area contributed by atoms with E-state index in [1.54, 1.807) is 24.3 Å². The van der Waals surface area contributed by atoms with E-state index in [2.05, 4.69) is 16.4 Å². The van der Waals surface area contributed by atoms with E-state index >= 15 is 0 Å². The fourth-order valence-corrected chi connectivity index (χ4v) is 7.06. The minimum absolute atomic E-state index is 0.125. The number of ketones is 1. The van der Waals surface area contributed by atoms with Crippen molar-refractivity contribution >= 4 is 55.6 Å². The van der Waals surface area contributed by atoms with Gasteiger partial charge in [-0.05, 0) is 92.3 Å². The quantitative estimate of drug-likeness (QED) is 0.0938. The van der Waals surface area contributed by atoms with Gasteiger partial charge in [-0.25, -0.2) is 8.42 Å². The van der Waals surface area contributed by atoms with E-state index in [0.29, 0.717) is 58.6 Å². The van der Waals surface area contributed by atoms with Gasteiger partial charge in [0, 0.05) is 40.2 Å². The van der Waals surface area contributed by atoms with Gasteiger partial charge in [-0.1, -0.05) is 59.1 Å². The molecule has 3 aromatic carbocycles. The number of carbonyl (C=O) groups excluding carboxylic acids is 2. The zero-order valence-electron chi connectivity index (χ0n) is 26.5. The molecule has 0 bridgehead atoms. The van der Waals surface area contributed by atoms with E-state index in [-0.39, 0.29) is 23.9 Å². The second-order valence-electron chi connectivity index (χ2n) is 11.8. The summed E-state index contributed by atoms with van der Waals surface area (Å²) in [5, 5.41) is 4.70. The molecule has 2 aromatic heterocycles. The molecular formula is C36H37Cl2N3O5S. The van der Waals surface area contributed by atoms with Crippen molar-refractivity contribution in [1.29, 1.82) is 0 Å². The van der Waals surface area contributed by atoms with Crippen LogP contribution in [0.15, 0.2) is 72.9 Å². The number of hydrogen-bond acceptors (Lipinski definition) is 5. The Kier molecular flexibility index (Phi) is 10.8. The monoisotopic (exact) mass is 693 g/mol. The number of halogens is 2. The second-order valence-corrected chi connectivity index (χ2v) is 14.8. The van der Waals surface area contributed by atoms with Crippen molar-refractivity contribution in [2.45, 2.75) is 40.2 Å². The predicted octanol–water partition coefficient (Wildman–Crippen LogP) is 7.29. The number of aromatic amines is 1. The van der Waals surface area contributed by atoms with Crippen LogP contribution < -0.4 is 10.1 Å². The Morgan fingerprint density at radius 2 is 1.72 bits per heavy atom. The molecule has 0 aliphatic heterocycles. The summed E-state index contributed by atoms with van der Waals surface area (Å²) in [6.45, 7) is 6.62. The molecule has 0 saturated heterocycles. The third-order valence-corrected chi connectivity index (χ3v) is 10.3. The molecule has 5 aromatic rings. The molecule has 47 heavy (non-hydrogen) atoms. The number of sulfone groups is 1. The second kappa shape index (κ2) is 14.8. The first kappa shape index (κ1) is 34.3. The number of benzene rings is 3. The summed E-state index contributed by atoms with van der Waals surface area (Å²) in [6, 6.07) is 20.5. The molecule has 8 nitrogen and oxygen atoms in total. The van der Waals surface area contributed by atoms with Gasteiger partial charge in [-0.3, -0.25) is 9.59 Å². The van der Waals surface area contributed by atoms with Crippen molar-refractivity contribution in [1.82, 2.24) is 14.9 Å². The van der Waals surface area contributed by atoms with Crippen LogP contribution in [0.3, 0.4) is 0 Å². The molecule has 0 fully saturated rings. The number of amides is 1. The summed E-state index contributed by atoms with van der Waals surface area (Å²) in [5.41, 5.74) is 6.05. The van der Waals surface area contributed by atoms with Crippen LogP contribution in [0.25, 0.3) is 10.9 Å². The highest BCUT2D eigenvalue weighted by Crippen LogP contribution is 2.29. The van der Waals surface area contributed by atoms with Crippen LogP contribution in [0, 0.1) is 20.8 Å². The first-order valence-corrected chi connectivity index (χ1v) is 17.9. The first-order valence-electron chi connectivity index (χ1n) is 15.3. The number of nitrogens with one attached hydrogen (secondary N) is 2. The van der Waals surface area contributed by atoms with Crippen molar-refractivity contribution in [2.24, 2.45) is 0 Å². The zero-order valence-corrected chi connectivity index (χ0v) is 28.9. The average Bonchev–Trinajstić information content (AvgIpc) is 3.62. The molecular weight excluding hydrogens is 657 g/mol. The zero-order chi connectivity index (χ0) is 33.7. The third kappa shape index (κ3) is 8.66. The normalized spacial score (nSPS) is 11.6. The Hall–Kier alpha value is -4.05. The van der Waals surface area contributed by atoms with Gasteiger partial charge in [0.2, 0.25) is 0 Å². The summed E-state index contributed by atoms with van der Waals surface area (Å²) >= 11 is 12.5. The summed E-state index contributed by atoms with van der Waals surface area (Å²) in [4.78, 5) is 29.5. The molecule has 0 aliphatic rings. The maximum absolute atomic E-state index is 13.4. The lowest BCUT2D eigenvalue weighted by atomic mass is 10.0. The summed E-state index contributed by atoms with van der Waals surface area (Å²) < 4.78 is 33.9. The van der Waals surface area contributed by atoms with Gasteiger partial charge in [-0.2, -0.15) is 0 Å². The van der Waals surface area contributed by atoms with Gasteiger partial charge in [0.25, 0.3) is 5.91 Å². The fraction of sp³-hybridized carbons (Fsp3) is 0.278. The van der Waals surface area contributed by atoms with Crippen LogP contribution in [0.4, 0.5) is 0 Å². The van der Waals surface area contributed by atoms with E-state index in [1.807, 2.05) is 67.9 Å². The lowest BCUT2D eigenvalue weighted by Gasteiger charge is -2.11. The predicted molar refractivity (Wildman–Crippen MR) is 188 cm³/mol. The van der Waals surface area contributed by atoms with Crippen LogP contribution in [-0.2, 0) is 22.8 Å². The van der Waals surface area contributed by atoms with Crippen molar-refractivity contribution in [3.63, 3.8) is 0 Å². The molecule has 0 radical (unpaired) electrons. The van der Waals surface area contributed by atoms with Crippen LogP contribution >= 0.6 is 23.2 Å². The SMILES string of the molecule is Cc1cccc(Cn2cccc2C(=O)NCCS(=O)(=O)CC(=O)c2[nH]c3cc(Cl)ccc3c2CCCOc2cc(C)c(Cl)c(C)c2)c1. The van der Waals surface area contributed by atoms with Crippen LogP contribution in [0.5, 0.6) is 5.75 Å². The number of aryl methyl sites for hydroxylation is 4. The number of rotatable bonds is 14. The Morgan fingerprint density at radius 1 is 0.957 bits per heavy atom. The van der Waals surface area contributed by atoms with E-state index in [9.17, 15) is 18.0 Å². The number of ether oxygens (including phenoxy) is 1. The van der Waals surface area contributed by atoms with E-state index in [1.165, 1.54) is 0 Å². The molecule has 0 aliphatic carbocycles. The Balaban J connectivity index is 1.20. The highest BCUT2D eigenvalue weighted by atomic mass is 35.5. The maximum Gasteiger partial charge on any atom is 0.267 e. The number of hydrogen-bond donors (Lipinski definition) is 2. The van der Waals surface area contributed by atoms with E-state index in [0.717, 1.165) is 27.6 Å². The van der Waals surface area contributed by atoms with Crippen LogP contribution in [0.1, 0.15) is 55.2 Å². The lowest BCUT2D eigenvalue weighted by Crippen LogP contribution is -2.32. The molecule has 2 N–H and O–H groups in total. The van der Waals surface area contributed by atoms with Crippen molar-refractivity contribution in [2.75, 3.05) is 24.7 Å². The largest absolute Gasteiger partial charge is 0.494 e. The molecule has 0 spiro atoms. The van der Waals surface area contributed by atoms with Gasteiger partial charge in [0.15, 0.2) is 15.6 Å². The van der Waals surface area contributed by atoms with Crippen molar-refractivity contribution in [3.8, 4) is 5.75 Å². The third-order valence-electron chi connectivity index (χ3n) is 7.94. The fourth-order valence-electron chi connectivity index (χ4n) is 5.67. The van der Waals surface area contributed by atoms with Crippen molar-refractivity contribution in [3.05, 3.63) is 122 Å². The Morgan fingerprint density at radius 3 is 2.47 bits per heavy atom. The Bertz CT molecular complexity index is 2030. The van der Waals surface area contributed by atoms with Crippen LogP contribution in [-0.4, -0.2) is 54.3 Å². The van der Waals surface area contributed by atoms with E-state index in [4.69, 9.17) is 27.9 Å². The summed E-state index contributed by atoms with van der Waals surface area (Å²) in [7, 11) is -3.84. The number of carbonyl (C=O) groups is 2. The van der Waals surface area contributed by atoms with Gasteiger partial charge in [0.05, 0.1) is 18.1 Å². The summed E-state index contributed by atoms with van der Waals surface area (Å²) in [6.07, 6.45) is 2.87.